The average Bonchev–Trinajstić information content (AvgIpc) is 3.16. The van der Waals surface area contributed by atoms with Gasteiger partial charge in [0, 0.05) is 17.8 Å². The third-order valence-corrected chi connectivity index (χ3v) is 3.05. The average molecular weight is 316 g/mol. The third kappa shape index (κ3) is 3.67. The first-order valence-corrected chi connectivity index (χ1v) is 5.84. The molecule has 1 aliphatic carbocycles. The number of anilines is 1. The van der Waals surface area contributed by atoms with Crippen LogP contribution in [0.15, 0.2) is 18.2 Å². The van der Waals surface area contributed by atoms with Crippen molar-refractivity contribution in [3.8, 4) is 0 Å². The second-order valence-corrected chi connectivity index (χ2v) is 4.63. The molecule has 0 spiro atoms. The summed E-state index contributed by atoms with van der Waals surface area (Å²) in [5, 5.41) is 13.3. The highest BCUT2D eigenvalue weighted by molar-refractivity contribution is 6.01. The van der Waals surface area contributed by atoms with Gasteiger partial charge in [0.05, 0.1) is 23.1 Å². The number of benzene rings is 1. The van der Waals surface area contributed by atoms with Crippen molar-refractivity contribution in [2.75, 3.05) is 12.4 Å². The van der Waals surface area contributed by atoms with E-state index >= 15 is 0 Å². The molecule has 21 heavy (non-hydrogen) atoms. The van der Waals surface area contributed by atoms with E-state index in [9.17, 15) is 19.7 Å². The van der Waals surface area contributed by atoms with Crippen molar-refractivity contribution < 1.29 is 19.2 Å². The Hall–Kier alpha value is -2.19. The van der Waals surface area contributed by atoms with Gasteiger partial charge >= 0.3 is 5.97 Å². The number of rotatable bonds is 4. The lowest BCUT2D eigenvalue weighted by Gasteiger charge is -2.10. The zero-order valence-electron chi connectivity index (χ0n) is 11.1. The van der Waals surface area contributed by atoms with Gasteiger partial charge in [-0.05, 0) is 18.9 Å². The number of nitrogens with two attached hydrogens (primary N) is 1. The number of nitrogens with zero attached hydrogens (tertiary/aromatic N) is 1. The molecule has 1 aromatic carbocycles. The number of esters is 1. The minimum Gasteiger partial charge on any atom is -0.465 e. The van der Waals surface area contributed by atoms with Crippen LogP contribution in [0.25, 0.3) is 0 Å². The second kappa shape index (κ2) is 6.06. The van der Waals surface area contributed by atoms with Gasteiger partial charge in [0.25, 0.3) is 5.69 Å². The van der Waals surface area contributed by atoms with Crippen LogP contribution in [0.3, 0.4) is 0 Å². The number of ether oxygens (including phenoxy) is 1. The number of methoxy groups -OCH3 is 1. The van der Waals surface area contributed by atoms with Crippen LogP contribution in [-0.4, -0.2) is 29.4 Å². The van der Waals surface area contributed by atoms with Crippen LogP contribution >= 0.6 is 12.4 Å². The minimum atomic E-state index is -0.907. The number of non-ortho nitro benzene ring substituents is 1. The quantitative estimate of drug-likeness (QED) is 0.489. The summed E-state index contributed by atoms with van der Waals surface area (Å²) in [7, 11) is 1.17. The largest absolute Gasteiger partial charge is 0.465 e. The maximum absolute atomic E-state index is 11.8. The number of carbonyl (C=O) groups excluding carboxylic acids is 2. The number of halogens is 1. The molecule has 8 nitrogen and oxygen atoms in total. The summed E-state index contributed by atoms with van der Waals surface area (Å²) in [6, 6.07) is 3.55. The van der Waals surface area contributed by atoms with E-state index < -0.39 is 22.3 Å². The highest BCUT2D eigenvalue weighted by Crippen LogP contribution is 2.33. The molecular weight excluding hydrogens is 302 g/mol. The highest BCUT2D eigenvalue weighted by atomic mass is 35.5. The molecule has 1 fully saturated rings. The molecular formula is C12H14ClN3O5. The lowest BCUT2D eigenvalue weighted by atomic mass is 10.1. The van der Waals surface area contributed by atoms with Crippen LogP contribution in [0, 0.1) is 10.1 Å². The maximum atomic E-state index is 11.8. The van der Waals surface area contributed by atoms with E-state index in [0.29, 0.717) is 12.8 Å². The molecule has 0 unspecified atom stereocenters. The fourth-order valence-corrected chi connectivity index (χ4v) is 1.64. The number of nitrogens with one attached hydrogen (secondary N) is 1. The predicted molar refractivity (Wildman–Crippen MR) is 76.5 cm³/mol. The third-order valence-electron chi connectivity index (χ3n) is 3.05. The standard InChI is InChI=1S/C12H13N3O5.ClH/c1-20-10(16)7-4-8(6-9(5-7)15(18)19)14-11(17)12(13)2-3-12;/h4-6H,2-3,13H2,1H3,(H,14,17);1H. The lowest BCUT2D eigenvalue weighted by Crippen LogP contribution is -2.37. The topological polar surface area (TPSA) is 125 Å². The zero-order chi connectivity index (χ0) is 14.9. The van der Waals surface area contributed by atoms with Crippen LogP contribution < -0.4 is 11.1 Å². The van der Waals surface area contributed by atoms with Gasteiger partial charge in [-0.3, -0.25) is 14.9 Å². The normalized spacial score (nSPS) is 14.6. The Labute approximate surface area is 126 Å². The van der Waals surface area contributed by atoms with Crippen molar-refractivity contribution in [3.05, 3.63) is 33.9 Å². The van der Waals surface area contributed by atoms with Gasteiger partial charge in [-0.15, -0.1) is 12.4 Å². The molecule has 1 aliphatic rings. The monoisotopic (exact) mass is 315 g/mol. The van der Waals surface area contributed by atoms with Crippen molar-refractivity contribution in [1.29, 1.82) is 0 Å². The summed E-state index contributed by atoms with van der Waals surface area (Å²) in [4.78, 5) is 33.4. The fourth-order valence-electron chi connectivity index (χ4n) is 1.64. The Bertz CT molecular complexity index is 601. The number of hydrogen-bond acceptors (Lipinski definition) is 6. The fraction of sp³-hybridized carbons (Fsp3) is 0.333. The van der Waals surface area contributed by atoms with Gasteiger partial charge in [-0.25, -0.2) is 4.79 Å². The molecule has 0 heterocycles. The van der Waals surface area contributed by atoms with Crippen molar-refractivity contribution >= 4 is 35.7 Å². The van der Waals surface area contributed by atoms with Gasteiger partial charge in [0.1, 0.15) is 0 Å². The molecule has 0 saturated heterocycles. The van der Waals surface area contributed by atoms with Gasteiger partial charge in [0.15, 0.2) is 0 Å². The van der Waals surface area contributed by atoms with Crippen LogP contribution in [0.5, 0.6) is 0 Å². The SMILES string of the molecule is COC(=O)c1cc(NC(=O)C2(N)CC2)cc([N+](=O)[O-])c1.Cl. The Morgan fingerprint density at radius 2 is 2.00 bits per heavy atom. The van der Waals surface area contributed by atoms with Crippen molar-refractivity contribution in [2.24, 2.45) is 5.73 Å². The summed E-state index contributed by atoms with van der Waals surface area (Å²) < 4.78 is 4.51. The van der Waals surface area contributed by atoms with Crippen molar-refractivity contribution in [3.63, 3.8) is 0 Å². The highest BCUT2D eigenvalue weighted by Gasteiger charge is 2.46. The van der Waals surface area contributed by atoms with E-state index in [-0.39, 0.29) is 29.3 Å². The summed E-state index contributed by atoms with van der Waals surface area (Å²) in [5.74, 6) is -1.15. The first-order valence-electron chi connectivity index (χ1n) is 5.84. The Morgan fingerprint density at radius 3 is 2.48 bits per heavy atom. The van der Waals surface area contributed by atoms with Crippen LogP contribution in [0.4, 0.5) is 11.4 Å². The van der Waals surface area contributed by atoms with Gasteiger partial charge < -0.3 is 15.8 Å². The molecule has 1 aromatic rings. The Kier molecular flexibility index (Phi) is 4.87. The van der Waals surface area contributed by atoms with Crippen LogP contribution in [0.2, 0.25) is 0 Å². The molecule has 0 aliphatic heterocycles. The van der Waals surface area contributed by atoms with Crippen LogP contribution in [0.1, 0.15) is 23.2 Å². The Morgan fingerprint density at radius 1 is 1.38 bits per heavy atom. The second-order valence-electron chi connectivity index (χ2n) is 4.63. The molecule has 9 heteroatoms. The molecule has 0 atom stereocenters. The van der Waals surface area contributed by atoms with Crippen molar-refractivity contribution in [1.82, 2.24) is 0 Å². The maximum Gasteiger partial charge on any atom is 0.338 e. The smallest absolute Gasteiger partial charge is 0.338 e. The van der Waals surface area contributed by atoms with E-state index in [4.69, 9.17) is 5.73 Å². The van der Waals surface area contributed by atoms with Gasteiger partial charge in [-0.1, -0.05) is 0 Å². The zero-order valence-corrected chi connectivity index (χ0v) is 11.9. The molecule has 3 N–H and O–H groups in total. The molecule has 0 bridgehead atoms. The summed E-state index contributed by atoms with van der Waals surface area (Å²) in [6.07, 6.45) is 1.13. The predicted octanol–water partition coefficient (Wildman–Crippen LogP) is 1.23. The van der Waals surface area contributed by atoms with E-state index in [1.54, 1.807) is 0 Å². The summed E-state index contributed by atoms with van der Waals surface area (Å²) >= 11 is 0. The number of amides is 1. The molecule has 0 aromatic heterocycles. The van der Waals surface area contributed by atoms with Crippen molar-refractivity contribution in [2.45, 2.75) is 18.4 Å². The molecule has 114 valence electrons. The van der Waals surface area contributed by atoms with E-state index in [1.807, 2.05) is 0 Å². The van der Waals surface area contributed by atoms with Gasteiger partial charge in [0.2, 0.25) is 5.91 Å². The Balaban J connectivity index is 0.00000220. The number of nitro benzene ring substituents is 1. The van der Waals surface area contributed by atoms with E-state index in [1.165, 1.54) is 13.2 Å². The summed E-state index contributed by atoms with van der Waals surface area (Å²) in [6.45, 7) is 0. The molecule has 0 radical (unpaired) electrons. The number of nitro groups is 1. The lowest BCUT2D eigenvalue weighted by molar-refractivity contribution is -0.384. The number of hydrogen-bond donors (Lipinski definition) is 2. The first kappa shape index (κ1) is 16.9. The minimum absolute atomic E-state index is 0. The summed E-state index contributed by atoms with van der Waals surface area (Å²) in [5.41, 5.74) is 4.63. The van der Waals surface area contributed by atoms with E-state index in [0.717, 1.165) is 12.1 Å². The van der Waals surface area contributed by atoms with E-state index in [2.05, 4.69) is 10.1 Å². The van der Waals surface area contributed by atoms with Gasteiger partial charge in [-0.2, -0.15) is 0 Å². The molecule has 1 amide bonds. The molecule has 2 rings (SSSR count). The molecule has 1 saturated carbocycles. The first-order chi connectivity index (χ1) is 9.35. The van der Waals surface area contributed by atoms with Crippen LogP contribution in [-0.2, 0) is 9.53 Å². The number of carbonyl (C=O) groups is 2.